The average molecular weight is 508 g/mol. The number of fused-ring (bicyclic) bond motifs is 3. The number of carbonyl (C=O) groups excluding carboxylic acids is 3. The predicted octanol–water partition coefficient (Wildman–Crippen LogP) is 2.63. The second-order valence-corrected chi connectivity index (χ2v) is 9.90. The highest BCUT2D eigenvalue weighted by Gasteiger charge is 2.39. The molecule has 3 aliphatic rings. The number of anilines is 1. The Bertz CT molecular complexity index is 1180. The van der Waals surface area contributed by atoms with E-state index in [9.17, 15) is 14.4 Å². The van der Waals surface area contributed by atoms with E-state index in [1.54, 1.807) is 30.1 Å². The van der Waals surface area contributed by atoms with Gasteiger partial charge in [0.05, 0.1) is 24.1 Å². The minimum absolute atomic E-state index is 0.0722. The van der Waals surface area contributed by atoms with Gasteiger partial charge in [-0.1, -0.05) is 24.3 Å². The topological polar surface area (TPSA) is 97.4 Å². The van der Waals surface area contributed by atoms with Gasteiger partial charge in [0.1, 0.15) is 25.1 Å². The molecule has 196 valence electrons. The summed E-state index contributed by atoms with van der Waals surface area (Å²) in [5.41, 5.74) is 3.41. The van der Waals surface area contributed by atoms with Crippen LogP contribution in [-0.2, 0) is 32.0 Å². The fraction of sp³-hybridized carbons (Fsp3) is 0.464. The van der Waals surface area contributed by atoms with Crippen LogP contribution in [0.3, 0.4) is 0 Å². The maximum atomic E-state index is 13.4. The number of carbonyl (C=O) groups is 3. The van der Waals surface area contributed by atoms with Gasteiger partial charge in [-0.25, -0.2) is 0 Å². The number of nitrogens with zero attached hydrogens (tertiary/aromatic N) is 2. The van der Waals surface area contributed by atoms with E-state index < -0.39 is 0 Å². The number of likely N-dealkylation sites (N-methyl/N-ethyl adjacent to an activating group) is 1. The lowest BCUT2D eigenvalue weighted by atomic mass is 9.94. The normalized spacial score (nSPS) is 23.1. The molecule has 3 amide bonds. The van der Waals surface area contributed by atoms with Gasteiger partial charge in [-0.05, 0) is 48.6 Å². The summed E-state index contributed by atoms with van der Waals surface area (Å²) >= 11 is 0. The lowest BCUT2D eigenvalue weighted by Gasteiger charge is -2.42. The van der Waals surface area contributed by atoms with E-state index in [2.05, 4.69) is 17.4 Å². The maximum Gasteiger partial charge on any atom is 0.257 e. The van der Waals surface area contributed by atoms with Crippen molar-refractivity contribution in [2.45, 2.75) is 50.5 Å². The molecule has 5 rings (SSSR count). The van der Waals surface area contributed by atoms with Crippen LogP contribution in [0.15, 0.2) is 42.5 Å². The third-order valence-corrected chi connectivity index (χ3v) is 7.46. The lowest BCUT2D eigenvalue weighted by molar-refractivity contribution is -0.143. The minimum Gasteiger partial charge on any atom is -0.490 e. The fourth-order valence-electron chi connectivity index (χ4n) is 5.47. The number of methoxy groups -OCH3 is 1. The van der Waals surface area contributed by atoms with Gasteiger partial charge in [0, 0.05) is 32.9 Å². The van der Waals surface area contributed by atoms with E-state index in [1.807, 2.05) is 17.0 Å². The molecule has 2 aromatic carbocycles. The van der Waals surface area contributed by atoms with Gasteiger partial charge < -0.3 is 29.3 Å². The van der Waals surface area contributed by atoms with Gasteiger partial charge in [0.25, 0.3) is 5.91 Å². The molecule has 9 nitrogen and oxygen atoms in total. The Hall–Kier alpha value is -3.43. The molecule has 9 heteroatoms. The largest absolute Gasteiger partial charge is 0.490 e. The van der Waals surface area contributed by atoms with Gasteiger partial charge in [0.2, 0.25) is 11.8 Å². The van der Waals surface area contributed by atoms with Crippen molar-refractivity contribution >= 4 is 23.4 Å². The number of amides is 3. The van der Waals surface area contributed by atoms with Crippen LogP contribution in [0.1, 0.15) is 40.7 Å². The minimum atomic E-state index is -0.336. The number of nitrogens with one attached hydrogen (secondary N) is 1. The standard InChI is InChI=1S/C28H33N3O6/c1-30-23-9-8-21(14-27(33)31-12-11-18-5-3-4-6-19(18)15-31)37-25(23)16-36-24-10-7-20(13-22(24)28(30)34)29-26(32)17-35-2/h3-7,10,13,21,23,25H,8-9,11-12,14-17H2,1-2H3,(H,29,32)/t21-,23-,25-/m1/s1. The van der Waals surface area contributed by atoms with Crippen molar-refractivity contribution in [3.8, 4) is 5.75 Å². The molecule has 0 bridgehead atoms. The van der Waals surface area contributed by atoms with Crippen LogP contribution in [-0.4, -0.2) is 79.7 Å². The van der Waals surface area contributed by atoms with E-state index in [1.165, 1.54) is 18.2 Å². The van der Waals surface area contributed by atoms with E-state index >= 15 is 0 Å². The quantitative estimate of drug-likeness (QED) is 0.668. The molecule has 1 N–H and O–H groups in total. The van der Waals surface area contributed by atoms with Crippen LogP contribution in [0.25, 0.3) is 0 Å². The van der Waals surface area contributed by atoms with E-state index in [4.69, 9.17) is 14.2 Å². The number of benzene rings is 2. The van der Waals surface area contributed by atoms with Gasteiger partial charge >= 0.3 is 0 Å². The Morgan fingerprint density at radius 3 is 2.76 bits per heavy atom. The molecule has 1 fully saturated rings. The molecule has 0 aliphatic carbocycles. The van der Waals surface area contributed by atoms with Crippen LogP contribution < -0.4 is 10.1 Å². The van der Waals surface area contributed by atoms with Crippen LogP contribution in [0, 0.1) is 0 Å². The smallest absolute Gasteiger partial charge is 0.257 e. The zero-order valence-corrected chi connectivity index (χ0v) is 21.3. The first-order chi connectivity index (χ1) is 17.9. The first kappa shape index (κ1) is 25.2. The molecular weight excluding hydrogens is 474 g/mol. The third-order valence-electron chi connectivity index (χ3n) is 7.46. The van der Waals surface area contributed by atoms with Crippen molar-refractivity contribution < 1.29 is 28.6 Å². The summed E-state index contributed by atoms with van der Waals surface area (Å²) < 4.78 is 17.2. The SMILES string of the molecule is COCC(=O)Nc1ccc2c(c1)C(=O)N(C)[C@@H]1CC[C@H](CC(=O)N3CCc4ccccc4C3)O[C@@H]1CO2. The lowest BCUT2D eigenvalue weighted by Crippen LogP contribution is -2.54. The molecule has 0 aromatic heterocycles. The maximum absolute atomic E-state index is 13.4. The number of ether oxygens (including phenoxy) is 3. The van der Waals surface area contributed by atoms with Crippen LogP contribution in [0.2, 0.25) is 0 Å². The summed E-state index contributed by atoms with van der Waals surface area (Å²) in [7, 11) is 3.22. The number of hydrogen-bond acceptors (Lipinski definition) is 6. The zero-order chi connectivity index (χ0) is 25.9. The van der Waals surface area contributed by atoms with Gasteiger partial charge in [-0.15, -0.1) is 0 Å². The van der Waals surface area contributed by atoms with Gasteiger partial charge in [0.15, 0.2) is 0 Å². The molecule has 3 heterocycles. The Morgan fingerprint density at radius 2 is 1.95 bits per heavy atom. The second kappa shape index (κ2) is 10.9. The Balaban J connectivity index is 1.23. The first-order valence-corrected chi connectivity index (χ1v) is 12.8. The molecule has 0 unspecified atom stereocenters. The van der Waals surface area contributed by atoms with Gasteiger partial charge in [-0.3, -0.25) is 14.4 Å². The van der Waals surface area contributed by atoms with Crippen LogP contribution in [0.5, 0.6) is 5.75 Å². The summed E-state index contributed by atoms with van der Waals surface area (Å²) in [4.78, 5) is 42.0. The monoisotopic (exact) mass is 507 g/mol. The Labute approximate surface area is 216 Å². The van der Waals surface area contributed by atoms with Crippen molar-refractivity contribution in [3.63, 3.8) is 0 Å². The zero-order valence-electron chi connectivity index (χ0n) is 21.3. The Morgan fingerprint density at radius 1 is 1.14 bits per heavy atom. The highest BCUT2D eigenvalue weighted by Crippen LogP contribution is 2.33. The van der Waals surface area contributed by atoms with Crippen molar-refractivity contribution in [2.75, 3.05) is 39.2 Å². The molecule has 1 saturated heterocycles. The molecule has 0 spiro atoms. The van der Waals surface area contributed by atoms with Crippen molar-refractivity contribution in [2.24, 2.45) is 0 Å². The average Bonchev–Trinajstić information content (AvgIpc) is 2.91. The molecule has 3 atom stereocenters. The number of rotatable bonds is 5. The summed E-state index contributed by atoms with van der Waals surface area (Å²) in [5, 5.41) is 2.73. The van der Waals surface area contributed by atoms with Crippen molar-refractivity contribution in [1.82, 2.24) is 9.80 Å². The third kappa shape index (κ3) is 5.47. The molecule has 0 saturated carbocycles. The summed E-state index contributed by atoms with van der Waals surface area (Å²) in [6, 6.07) is 13.1. The molecular formula is C28H33N3O6. The van der Waals surface area contributed by atoms with E-state index in [-0.39, 0.29) is 49.2 Å². The molecule has 2 aromatic rings. The fourth-order valence-corrected chi connectivity index (χ4v) is 5.47. The summed E-state index contributed by atoms with van der Waals surface area (Å²) in [6.07, 6.45) is 2.05. The number of hydrogen-bond donors (Lipinski definition) is 1. The van der Waals surface area contributed by atoms with Crippen LogP contribution >= 0.6 is 0 Å². The summed E-state index contributed by atoms with van der Waals surface area (Å²) in [5.74, 6) is 0.0409. The molecule has 37 heavy (non-hydrogen) atoms. The first-order valence-electron chi connectivity index (χ1n) is 12.8. The van der Waals surface area contributed by atoms with Crippen LogP contribution in [0.4, 0.5) is 5.69 Å². The highest BCUT2D eigenvalue weighted by molar-refractivity contribution is 6.00. The van der Waals surface area contributed by atoms with Crippen molar-refractivity contribution in [3.05, 3.63) is 59.2 Å². The highest BCUT2D eigenvalue weighted by atomic mass is 16.5. The van der Waals surface area contributed by atoms with E-state index in [0.29, 0.717) is 36.4 Å². The van der Waals surface area contributed by atoms with Crippen molar-refractivity contribution in [1.29, 1.82) is 0 Å². The molecule has 3 aliphatic heterocycles. The summed E-state index contributed by atoms with van der Waals surface area (Å²) in [6.45, 7) is 1.56. The Kier molecular flexibility index (Phi) is 7.43. The second-order valence-electron chi connectivity index (χ2n) is 9.90. The van der Waals surface area contributed by atoms with Gasteiger partial charge in [-0.2, -0.15) is 0 Å². The van der Waals surface area contributed by atoms with E-state index in [0.717, 1.165) is 19.4 Å². The molecule has 0 radical (unpaired) electrons. The predicted molar refractivity (Wildman–Crippen MR) is 136 cm³/mol.